The number of halogens is 1. The average molecular weight is 395 g/mol. The fourth-order valence-electron chi connectivity index (χ4n) is 3.12. The second-order valence-corrected chi connectivity index (χ2v) is 6.60. The first-order valence-corrected chi connectivity index (χ1v) is 9.57. The first-order valence-electron chi connectivity index (χ1n) is 9.57. The predicted octanol–water partition coefficient (Wildman–Crippen LogP) is 4.75. The van der Waals surface area contributed by atoms with Crippen molar-refractivity contribution >= 4 is 0 Å². The molecule has 0 unspecified atom stereocenters. The summed E-state index contributed by atoms with van der Waals surface area (Å²) in [5.41, 5.74) is 3.07. The fraction of sp³-hybridized carbons (Fsp3) is 0.250. The summed E-state index contributed by atoms with van der Waals surface area (Å²) in [7, 11) is 3.31. The molecule has 0 bridgehead atoms. The molecule has 1 N–H and O–H groups in total. The average Bonchev–Trinajstić information content (AvgIpc) is 2.76. The van der Waals surface area contributed by atoms with Crippen LogP contribution in [0.1, 0.15) is 16.7 Å². The number of methoxy groups -OCH3 is 2. The maximum absolute atomic E-state index is 13.1. The van der Waals surface area contributed by atoms with Crippen molar-refractivity contribution in [3.63, 3.8) is 0 Å². The Hall–Kier alpha value is -3.05. The van der Waals surface area contributed by atoms with Gasteiger partial charge in [0.1, 0.15) is 18.2 Å². The minimum absolute atomic E-state index is 0.258. The van der Waals surface area contributed by atoms with Crippen molar-refractivity contribution in [2.75, 3.05) is 20.8 Å². The molecule has 3 rings (SSSR count). The summed E-state index contributed by atoms with van der Waals surface area (Å²) in [6.45, 7) is 1.79. The Morgan fingerprint density at radius 3 is 2.24 bits per heavy atom. The highest BCUT2D eigenvalue weighted by Gasteiger charge is 2.11. The Kier molecular flexibility index (Phi) is 7.47. The summed E-state index contributed by atoms with van der Waals surface area (Å²) in [4.78, 5) is 0. The smallest absolute Gasteiger partial charge is 0.166 e. The van der Waals surface area contributed by atoms with E-state index in [-0.39, 0.29) is 5.82 Å². The van der Waals surface area contributed by atoms with E-state index in [2.05, 4.69) is 11.4 Å². The second-order valence-electron chi connectivity index (χ2n) is 6.60. The monoisotopic (exact) mass is 395 g/mol. The Morgan fingerprint density at radius 1 is 0.793 bits per heavy atom. The van der Waals surface area contributed by atoms with Crippen LogP contribution in [0, 0.1) is 5.82 Å². The second kappa shape index (κ2) is 10.5. The van der Waals surface area contributed by atoms with Crippen LogP contribution < -0.4 is 19.5 Å². The maximum atomic E-state index is 13.1. The molecule has 0 heterocycles. The molecule has 0 saturated heterocycles. The predicted molar refractivity (Wildman–Crippen MR) is 112 cm³/mol. The highest BCUT2D eigenvalue weighted by molar-refractivity contribution is 5.46. The first-order chi connectivity index (χ1) is 14.2. The molecular weight excluding hydrogens is 369 g/mol. The molecule has 152 valence electrons. The molecule has 29 heavy (non-hydrogen) atoms. The van der Waals surface area contributed by atoms with Crippen LogP contribution in [0.4, 0.5) is 4.39 Å². The molecule has 3 aromatic rings. The quantitative estimate of drug-likeness (QED) is 0.503. The summed E-state index contributed by atoms with van der Waals surface area (Å²) in [6.07, 6.45) is 0.861. The first kappa shape index (κ1) is 20.7. The molecule has 0 spiro atoms. The van der Waals surface area contributed by atoms with Crippen LogP contribution >= 0.6 is 0 Å². The van der Waals surface area contributed by atoms with E-state index in [1.807, 2.05) is 36.4 Å². The van der Waals surface area contributed by atoms with E-state index in [0.717, 1.165) is 29.8 Å². The van der Waals surface area contributed by atoms with Crippen LogP contribution in [-0.2, 0) is 19.6 Å². The topological polar surface area (TPSA) is 39.7 Å². The zero-order valence-electron chi connectivity index (χ0n) is 16.8. The number of hydrogen-bond donors (Lipinski definition) is 1. The van der Waals surface area contributed by atoms with E-state index in [4.69, 9.17) is 14.2 Å². The Labute approximate surface area is 171 Å². The molecule has 0 fully saturated rings. The van der Waals surface area contributed by atoms with Gasteiger partial charge in [-0.15, -0.1) is 0 Å². The van der Waals surface area contributed by atoms with Crippen LogP contribution in [0.3, 0.4) is 0 Å². The normalized spacial score (nSPS) is 10.6. The lowest BCUT2D eigenvalue weighted by molar-refractivity contribution is 0.280. The summed E-state index contributed by atoms with van der Waals surface area (Å²) in [6, 6.07) is 20.2. The van der Waals surface area contributed by atoms with Crippen LogP contribution in [0.2, 0.25) is 0 Å². The Balaban J connectivity index is 1.61. The van der Waals surface area contributed by atoms with Crippen molar-refractivity contribution in [1.29, 1.82) is 0 Å². The number of rotatable bonds is 10. The minimum Gasteiger partial charge on any atom is -0.496 e. The summed E-state index contributed by atoms with van der Waals surface area (Å²) in [5, 5.41) is 3.46. The van der Waals surface area contributed by atoms with Gasteiger partial charge in [-0.2, -0.15) is 0 Å². The van der Waals surface area contributed by atoms with Crippen LogP contribution in [0.25, 0.3) is 0 Å². The van der Waals surface area contributed by atoms with Crippen molar-refractivity contribution in [1.82, 2.24) is 5.32 Å². The standard InChI is InChI=1S/C24H26FNO3/c1-27-22-8-4-3-6-19(22)14-15-26-16-20-7-5-9-23(28-2)24(20)29-17-18-10-12-21(25)13-11-18/h3-13,26H,14-17H2,1-2H3. The van der Waals surface area contributed by atoms with E-state index in [1.165, 1.54) is 17.7 Å². The minimum atomic E-state index is -0.258. The SMILES string of the molecule is COc1ccccc1CCNCc1cccc(OC)c1OCc1ccc(F)cc1. The molecule has 4 nitrogen and oxygen atoms in total. The van der Waals surface area contributed by atoms with Crippen molar-refractivity contribution in [2.45, 2.75) is 19.6 Å². The Bertz CT molecular complexity index is 912. The number of nitrogens with one attached hydrogen (secondary N) is 1. The lowest BCUT2D eigenvalue weighted by Crippen LogP contribution is -2.17. The van der Waals surface area contributed by atoms with Crippen molar-refractivity contribution in [3.8, 4) is 17.2 Å². The van der Waals surface area contributed by atoms with Gasteiger partial charge in [-0.05, 0) is 48.4 Å². The number of ether oxygens (including phenoxy) is 3. The van der Waals surface area contributed by atoms with Gasteiger partial charge in [-0.25, -0.2) is 4.39 Å². The molecule has 0 aliphatic rings. The lowest BCUT2D eigenvalue weighted by atomic mass is 10.1. The zero-order chi connectivity index (χ0) is 20.5. The van der Waals surface area contributed by atoms with Gasteiger partial charge in [-0.1, -0.05) is 42.5 Å². The third kappa shape index (κ3) is 5.72. The molecule has 0 aliphatic heterocycles. The number of hydrogen-bond acceptors (Lipinski definition) is 4. The van der Waals surface area contributed by atoms with E-state index >= 15 is 0 Å². The molecule has 0 aromatic heterocycles. The molecule has 3 aromatic carbocycles. The molecule has 0 amide bonds. The van der Waals surface area contributed by atoms with Gasteiger partial charge in [0, 0.05) is 12.1 Å². The van der Waals surface area contributed by atoms with E-state index < -0.39 is 0 Å². The highest BCUT2D eigenvalue weighted by Crippen LogP contribution is 2.32. The van der Waals surface area contributed by atoms with Crippen LogP contribution in [0.5, 0.6) is 17.2 Å². The van der Waals surface area contributed by atoms with E-state index in [1.54, 1.807) is 26.4 Å². The van der Waals surface area contributed by atoms with Gasteiger partial charge in [0.2, 0.25) is 0 Å². The number of benzene rings is 3. The van der Waals surface area contributed by atoms with Crippen LogP contribution in [0.15, 0.2) is 66.7 Å². The molecule has 0 saturated carbocycles. The molecule has 5 heteroatoms. The molecule has 0 atom stereocenters. The zero-order valence-corrected chi connectivity index (χ0v) is 16.8. The van der Waals surface area contributed by atoms with Gasteiger partial charge in [0.15, 0.2) is 11.5 Å². The molecule has 0 aliphatic carbocycles. The third-order valence-corrected chi connectivity index (χ3v) is 4.66. The molecule has 0 radical (unpaired) electrons. The Morgan fingerprint density at radius 2 is 1.48 bits per heavy atom. The van der Waals surface area contributed by atoms with E-state index in [9.17, 15) is 4.39 Å². The third-order valence-electron chi connectivity index (χ3n) is 4.66. The maximum Gasteiger partial charge on any atom is 0.166 e. The molecular formula is C24H26FNO3. The summed E-state index contributed by atoms with van der Waals surface area (Å²) >= 11 is 0. The summed E-state index contributed by atoms with van der Waals surface area (Å²) < 4.78 is 30.0. The fourth-order valence-corrected chi connectivity index (χ4v) is 3.12. The van der Waals surface area contributed by atoms with Gasteiger partial charge < -0.3 is 19.5 Å². The number of para-hydroxylation sites is 2. The van der Waals surface area contributed by atoms with Crippen molar-refractivity contribution < 1.29 is 18.6 Å². The largest absolute Gasteiger partial charge is 0.496 e. The van der Waals surface area contributed by atoms with Crippen molar-refractivity contribution in [3.05, 3.63) is 89.2 Å². The van der Waals surface area contributed by atoms with Crippen molar-refractivity contribution in [2.24, 2.45) is 0 Å². The van der Waals surface area contributed by atoms with Gasteiger partial charge in [0.05, 0.1) is 14.2 Å². The lowest BCUT2D eigenvalue weighted by Gasteiger charge is -2.16. The summed E-state index contributed by atoms with van der Waals surface area (Å²) in [5.74, 6) is 2.02. The highest BCUT2D eigenvalue weighted by atomic mass is 19.1. The van der Waals surface area contributed by atoms with E-state index in [0.29, 0.717) is 24.7 Å². The van der Waals surface area contributed by atoms with Gasteiger partial charge in [0.25, 0.3) is 0 Å². The van der Waals surface area contributed by atoms with Gasteiger partial charge >= 0.3 is 0 Å². The van der Waals surface area contributed by atoms with Gasteiger partial charge in [-0.3, -0.25) is 0 Å². The van der Waals surface area contributed by atoms with Crippen LogP contribution in [-0.4, -0.2) is 20.8 Å².